The Balaban J connectivity index is 3.79. The second kappa shape index (κ2) is 11.8. The number of rotatable bonds is 2. The van der Waals surface area contributed by atoms with Crippen molar-refractivity contribution in [1.29, 1.82) is 0 Å². The molecule has 0 spiro atoms. The second-order valence-corrected chi connectivity index (χ2v) is 23.8. The summed E-state index contributed by atoms with van der Waals surface area (Å²) in [5.74, 6) is 0. The van der Waals surface area contributed by atoms with Gasteiger partial charge < -0.3 is 0 Å². The van der Waals surface area contributed by atoms with E-state index in [1.165, 1.54) is 22.3 Å². The van der Waals surface area contributed by atoms with Gasteiger partial charge in [-0.1, -0.05) is 192 Å². The Morgan fingerprint density at radius 2 is 0.447 bits per heavy atom. The van der Waals surface area contributed by atoms with Crippen molar-refractivity contribution in [3.8, 4) is 0 Å². The monoisotopic (exact) mass is 645 g/mol. The Bertz CT molecular complexity index is 1370. The van der Waals surface area contributed by atoms with E-state index in [0.29, 0.717) is 0 Å². The zero-order valence-electron chi connectivity index (χ0n) is 36.7. The zero-order chi connectivity index (χ0) is 37.7. The van der Waals surface area contributed by atoms with Gasteiger partial charge in [-0.25, -0.2) is 0 Å². The third-order valence-electron chi connectivity index (χ3n) is 10.1. The van der Waals surface area contributed by atoms with E-state index in [2.05, 4.69) is 192 Å². The number of benzene rings is 2. The first-order valence-corrected chi connectivity index (χ1v) is 18.7. The summed E-state index contributed by atoms with van der Waals surface area (Å²) in [7, 11) is 0. The molecule has 0 saturated heterocycles. The molecule has 0 unspecified atom stereocenters. The largest absolute Gasteiger partial charge is 0.0561 e. The maximum atomic E-state index is 2.58. The van der Waals surface area contributed by atoms with Crippen molar-refractivity contribution in [3.05, 3.63) is 67.8 Å². The van der Waals surface area contributed by atoms with Gasteiger partial charge in [0.25, 0.3) is 0 Å². The van der Waals surface area contributed by atoms with Crippen LogP contribution in [0, 0.1) is 0 Å². The van der Waals surface area contributed by atoms with Crippen molar-refractivity contribution in [2.24, 2.45) is 0 Å². The number of hydrogen-bond donors (Lipinski definition) is 0. The van der Waals surface area contributed by atoms with Crippen molar-refractivity contribution in [2.75, 3.05) is 0 Å². The Hall–Kier alpha value is -1.56. The van der Waals surface area contributed by atoms with E-state index in [4.69, 9.17) is 0 Å². The highest BCUT2D eigenvalue weighted by Gasteiger charge is 2.48. The Kier molecular flexibility index (Phi) is 10.4. The van der Waals surface area contributed by atoms with E-state index in [-0.39, 0.29) is 48.7 Å². The van der Waals surface area contributed by atoms with Gasteiger partial charge in [-0.3, -0.25) is 0 Å². The van der Waals surface area contributed by atoms with Crippen LogP contribution in [0.5, 0.6) is 0 Å². The van der Waals surface area contributed by atoms with Crippen molar-refractivity contribution < 1.29 is 0 Å². The van der Waals surface area contributed by atoms with E-state index in [0.717, 1.165) is 0 Å². The summed E-state index contributed by atoms with van der Waals surface area (Å²) in [6.07, 6.45) is 0. The van der Waals surface area contributed by atoms with Crippen LogP contribution >= 0.6 is 0 Å². The molecule has 0 heteroatoms. The molecule has 2 aromatic rings. The summed E-state index contributed by atoms with van der Waals surface area (Å²) in [4.78, 5) is 0. The molecule has 0 radical (unpaired) electrons. The van der Waals surface area contributed by atoms with Gasteiger partial charge in [-0.2, -0.15) is 0 Å². The normalized spacial score (nSPS) is 15.0. The Morgan fingerprint density at radius 1 is 0.234 bits per heavy atom. The summed E-state index contributed by atoms with van der Waals surface area (Å²) in [6, 6.07) is 5.16. The van der Waals surface area contributed by atoms with Crippen LogP contribution < -0.4 is 0 Å². The van der Waals surface area contributed by atoms with Gasteiger partial charge >= 0.3 is 0 Å². The van der Waals surface area contributed by atoms with Crippen molar-refractivity contribution in [1.82, 2.24) is 0 Å². The first-order chi connectivity index (χ1) is 20.2. The van der Waals surface area contributed by atoms with Crippen LogP contribution in [0.1, 0.15) is 236 Å². The molecule has 0 saturated carbocycles. The highest BCUT2D eigenvalue weighted by molar-refractivity contribution is 5.67. The topological polar surface area (TPSA) is 0 Å². The van der Waals surface area contributed by atoms with Gasteiger partial charge in [0.2, 0.25) is 0 Å². The molecule has 2 rings (SSSR count). The lowest BCUT2D eigenvalue weighted by molar-refractivity contribution is 0.435. The van der Waals surface area contributed by atoms with Crippen molar-refractivity contribution in [2.45, 2.75) is 229 Å². The van der Waals surface area contributed by atoms with E-state index < -0.39 is 0 Å². The summed E-state index contributed by atoms with van der Waals surface area (Å²) < 4.78 is 0. The molecule has 0 aliphatic rings. The van der Waals surface area contributed by atoms with Gasteiger partial charge in [-0.05, 0) is 99.0 Å². The minimum Gasteiger partial charge on any atom is -0.0561 e. The van der Waals surface area contributed by atoms with Crippen LogP contribution in [-0.2, 0) is 48.7 Å². The Morgan fingerprint density at radius 3 is 0.617 bits per heavy atom. The second-order valence-electron chi connectivity index (χ2n) is 23.8. The van der Waals surface area contributed by atoms with Gasteiger partial charge in [0, 0.05) is 5.41 Å². The lowest BCUT2D eigenvalue weighted by Gasteiger charge is -2.50. The van der Waals surface area contributed by atoms with Crippen molar-refractivity contribution >= 4 is 0 Å². The van der Waals surface area contributed by atoms with Gasteiger partial charge in [0.15, 0.2) is 0 Å². The molecular formula is C47H80. The lowest BCUT2D eigenvalue weighted by Crippen LogP contribution is -2.42. The van der Waals surface area contributed by atoms with Crippen LogP contribution in [0.25, 0.3) is 0 Å². The van der Waals surface area contributed by atoms with Crippen molar-refractivity contribution in [3.63, 3.8) is 0 Å². The third-order valence-corrected chi connectivity index (χ3v) is 10.1. The van der Waals surface area contributed by atoms with Crippen LogP contribution in [0.3, 0.4) is 0 Å². The molecule has 0 amide bonds. The SMILES string of the molecule is CC(C)(C)c1cc(C(C)(C)C)c(C(C)(C)c2c(C(C)(C)C)c(C(C)(C)C)c(C(C)(C)C)c(C(C)(C)C)c2C(C)(C)C)c(C(C)(C)C)c1. The third kappa shape index (κ3) is 8.26. The predicted molar refractivity (Wildman–Crippen MR) is 215 cm³/mol. The standard InChI is InChI=1S/C47H80/c1-39(2,3)29-27-30(40(4,5)6)32(31(28-29)41(7,8)9)47(25,26)38-36(45(19,20)21)34(43(13,14)15)33(42(10,11)12)35(44(16,17)18)37(38)46(22,23)24/h27-28H,1-26H3. The first kappa shape index (κ1) is 41.6. The maximum absolute atomic E-state index is 2.58. The molecule has 0 fully saturated rings. The molecule has 0 aliphatic carbocycles. The molecule has 0 heterocycles. The fraction of sp³-hybridized carbons (Fsp3) is 0.745. The van der Waals surface area contributed by atoms with E-state index >= 15 is 0 Å². The van der Waals surface area contributed by atoms with Crippen LogP contribution in [0.15, 0.2) is 12.1 Å². The average Bonchev–Trinajstić information content (AvgIpc) is 2.76. The summed E-state index contributed by atoms with van der Waals surface area (Å²) >= 11 is 0. The summed E-state index contributed by atoms with van der Waals surface area (Å²) in [6.45, 7) is 63.9. The maximum Gasteiger partial charge on any atom is 0.0158 e. The zero-order valence-corrected chi connectivity index (χ0v) is 36.7. The van der Waals surface area contributed by atoms with Crippen LogP contribution in [0.2, 0.25) is 0 Å². The predicted octanol–water partition coefficient (Wildman–Crippen LogP) is 14.4. The molecular weight excluding hydrogens is 565 g/mol. The fourth-order valence-electron chi connectivity index (χ4n) is 8.18. The summed E-state index contributed by atoms with van der Waals surface area (Å²) in [5, 5.41) is 0. The highest BCUT2D eigenvalue weighted by atomic mass is 14.5. The molecule has 268 valence electrons. The molecule has 47 heavy (non-hydrogen) atoms. The van der Waals surface area contributed by atoms with Gasteiger partial charge in [-0.15, -0.1) is 0 Å². The lowest BCUT2D eigenvalue weighted by atomic mass is 9.54. The van der Waals surface area contributed by atoms with Gasteiger partial charge in [0.05, 0.1) is 0 Å². The van der Waals surface area contributed by atoms with Crippen LogP contribution in [-0.4, -0.2) is 0 Å². The molecule has 0 bridgehead atoms. The fourth-order valence-corrected chi connectivity index (χ4v) is 8.18. The van der Waals surface area contributed by atoms with Gasteiger partial charge in [0.1, 0.15) is 0 Å². The summed E-state index contributed by atoms with van der Waals surface area (Å²) in [5.41, 5.74) is 14.9. The highest BCUT2D eigenvalue weighted by Crippen LogP contribution is 2.57. The molecule has 0 aliphatic heterocycles. The molecule has 2 aromatic carbocycles. The van der Waals surface area contributed by atoms with E-state index in [1.54, 1.807) is 33.4 Å². The van der Waals surface area contributed by atoms with E-state index in [1.807, 2.05) is 0 Å². The molecule has 0 atom stereocenters. The minimum atomic E-state index is -0.275. The molecule has 0 nitrogen and oxygen atoms in total. The minimum absolute atomic E-state index is 0.0185. The van der Waals surface area contributed by atoms with E-state index in [9.17, 15) is 0 Å². The average molecular weight is 645 g/mol. The van der Waals surface area contributed by atoms with Crippen LogP contribution in [0.4, 0.5) is 0 Å². The smallest absolute Gasteiger partial charge is 0.0158 e. The number of hydrogen-bond acceptors (Lipinski definition) is 0. The molecule has 0 N–H and O–H groups in total. The Labute approximate surface area is 295 Å². The first-order valence-electron chi connectivity index (χ1n) is 18.7. The quantitative estimate of drug-likeness (QED) is 0.305. The molecule has 0 aromatic heterocycles.